The number of benzene rings is 1. The van der Waals surface area contributed by atoms with Crippen LogP contribution in [-0.2, 0) is 29.0 Å². The van der Waals surface area contributed by atoms with Gasteiger partial charge in [-0.1, -0.05) is 6.07 Å². The van der Waals surface area contributed by atoms with E-state index >= 15 is 0 Å². The van der Waals surface area contributed by atoms with Gasteiger partial charge in [-0.05, 0) is 43.2 Å². The number of fused-ring (bicyclic) bond motifs is 1. The Balaban J connectivity index is 2.01. The predicted octanol–water partition coefficient (Wildman–Crippen LogP) is 1.38. The number of ether oxygens (including phenoxy) is 3. The molecule has 0 aliphatic carbocycles. The van der Waals surface area contributed by atoms with E-state index in [-0.39, 0.29) is 30.7 Å². The molecular formula is C21H23N3O6. The van der Waals surface area contributed by atoms with Gasteiger partial charge in [-0.25, -0.2) is 9.78 Å². The lowest BCUT2D eigenvalue weighted by Gasteiger charge is -2.13. The summed E-state index contributed by atoms with van der Waals surface area (Å²) in [6, 6.07) is 8.59. The van der Waals surface area contributed by atoms with Crippen LogP contribution in [0.15, 0.2) is 46.1 Å². The van der Waals surface area contributed by atoms with Gasteiger partial charge < -0.3 is 14.2 Å². The summed E-state index contributed by atoms with van der Waals surface area (Å²) in [5, 5.41) is 0.258. The number of esters is 1. The number of methoxy groups -OCH3 is 2. The van der Waals surface area contributed by atoms with Gasteiger partial charge in [0.1, 0.15) is 12.2 Å². The minimum absolute atomic E-state index is 0.126. The van der Waals surface area contributed by atoms with Crippen LogP contribution in [0, 0.1) is 0 Å². The average Bonchev–Trinajstić information content (AvgIpc) is 2.76. The van der Waals surface area contributed by atoms with Crippen LogP contribution in [0.5, 0.6) is 11.5 Å². The third-order valence-electron chi connectivity index (χ3n) is 4.64. The molecule has 0 radical (unpaired) electrons. The molecule has 0 aliphatic rings. The van der Waals surface area contributed by atoms with Crippen molar-refractivity contribution in [2.45, 2.75) is 26.4 Å². The van der Waals surface area contributed by atoms with E-state index < -0.39 is 17.2 Å². The Morgan fingerprint density at radius 3 is 2.53 bits per heavy atom. The van der Waals surface area contributed by atoms with E-state index in [1.165, 1.54) is 17.9 Å². The second-order valence-electron chi connectivity index (χ2n) is 6.44. The lowest BCUT2D eigenvalue weighted by molar-refractivity contribution is -0.143. The molecule has 30 heavy (non-hydrogen) atoms. The molecule has 0 bridgehead atoms. The molecular weight excluding hydrogens is 390 g/mol. The molecule has 0 fully saturated rings. The molecule has 0 spiro atoms. The highest BCUT2D eigenvalue weighted by molar-refractivity contribution is 5.76. The van der Waals surface area contributed by atoms with Crippen molar-refractivity contribution in [3.05, 3.63) is 62.9 Å². The lowest BCUT2D eigenvalue weighted by Crippen LogP contribution is -2.42. The van der Waals surface area contributed by atoms with Gasteiger partial charge in [0.25, 0.3) is 5.56 Å². The number of hydrogen-bond acceptors (Lipinski definition) is 7. The molecule has 2 heterocycles. The van der Waals surface area contributed by atoms with Gasteiger partial charge in [-0.15, -0.1) is 0 Å². The molecule has 9 heteroatoms. The second-order valence-corrected chi connectivity index (χ2v) is 6.44. The summed E-state index contributed by atoms with van der Waals surface area (Å²) in [6.45, 7) is 1.68. The van der Waals surface area contributed by atoms with Crippen LogP contribution in [0.2, 0.25) is 0 Å². The van der Waals surface area contributed by atoms with Crippen molar-refractivity contribution in [1.29, 1.82) is 0 Å². The minimum Gasteiger partial charge on any atom is -0.493 e. The van der Waals surface area contributed by atoms with Crippen LogP contribution in [0.3, 0.4) is 0 Å². The van der Waals surface area contributed by atoms with Gasteiger partial charge in [0.15, 0.2) is 11.5 Å². The number of nitrogens with zero attached hydrogens (tertiary/aromatic N) is 3. The summed E-state index contributed by atoms with van der Waals surface area (Å²) in [7, 11) is 3.09. The zero-order valence-electron chi connectivity index (χ0n) is 17.1. The molecule has 0 atom stereocenters. The van der Waals surface area contributed by atoms with Gasteiger partial charge in [0, 0.05) is 12.7 Å². The SMILES string of the molecule is CCOC(=O)Cn1c(=O)n(CCc2ccc(OC)c(OC)c2)c(=O)c2cccnc21. The normalized spacial score (nSPS) is 10.8. The zero-order chi connectivity index (χ0) is 21.7. The summed E-state index contributed by atoms with van der Waals surface area (Å²) < 4.78 is 17.8. The Kier molecular flexibility index (Phi) is 6.51. The fraction of sp³-hybridized carbons (Fsp3) is 0.333. The molecule has 3 aromatic rings. The number of pyridine rings is 1. The van der Waals surface area contributed by atoms with Crippen molar-refractivity contribution in [2.75, 3.05) is 20.8 Å². The number of carbonyl (C=O) groups excluding carboxylic acids is 1. The van der Waals surface area contributed by atoms with Gasteiger partial charge in [-0.2, -0.15) is 0 Å². The Morgan fingerprint density at radius 1 is 1.07 bits per heavy atom. The smallest absolute Gasteiger partial charge is 0.333 e. The number of rotatable bonds is 8. The molecule has 9 nitrogen and oxygen atoms in total. The van der Waals surface area contributed by atoms with Gasteiger partial charge in [0.2, 0.25) is 0 Å². The van der Waals surface area contributed by atoms with E-state index in [1.54, 1.807) is 38.3 Å². The summed E-state index contributed by atoms with van der Waals surface area (Å²) in [5.41, 5.74) is -0.0477. The van der Waals surface area contributed by atoms with E-state index in [2.05, 4.69) is 4.98 Å². The molecule has 3 rings (SSSR count). The predicted molar refractivity (Wildman–Crippen MR) is 110 cm³/mol. The third kappa shape index (κ3) is 4.19. The molecule has 0 saturated heterocycles. The first-order valence-corrected chi connectivity index (χ1v) is 9.45. The molecule has 0 N–H and O–H groups in total. The van der Waals surface area contributed by atoms with Crippen LogP contribution >= 0.6 is 0 Å². The Morgan fingerprint density at radius 2 is 1.83 bits per heavy atom. The summed E-state index contributed by atoms with van der Waals surface area (Å²) in [4.78, 5) is 42.0. The Hall–Kier alpha value is -3.62. The maximum atomic E-state index is 13.0. The molecule has 0 saturated carbocycles. The fourth-order valence-corrected chi connectivity index (χ4v) is 3.20. The van der Waals surface area contributed by atoms with Crippen LogP contribution in [0.4, 0.5) is 0 Å². The van der Waals surface area contributed by atoms with Crippen LogP contribution in [-0.4, -0.2) is 40.9 Å². The topological polar surface area (TPSA) is 102 Å². The van der Waals surface area contributed by atoms with E-state index in [9.17, 15) is 14.4 Å². The highest BCUT2D eigenvalue weighted by atomic mass is 16.5. The average molecular weight is 413 g/mol. The molecule has 2 aromatic heterocycles. The number of hydrogen-bond donors (Lipinski definition) is 0. The quantitative estimate of drug-likeness (QED) is 0.514. The van der Waals surface area contributed by atoms with Crippen molar-refractivity contribution in [3.63, 3.8) is 0 Å². The van der Waals surface area contributed by atoms with Crippen LogP contribution < -0.4 is 20.7 Å². The first-order valence-electron chi connectivity index (χ1n) is 9.45. The van der Waals surface area contributed by atoms with E-state index in [0.29, 0.717) is 17.9 Å². The Bertz CT molecular complexity index is 1180. The van der Waals surface area contributed by atoms with Gasteiger partial charge in [-0.3, -0.25) is 18.7 Å². The second kappa shape index (κ2) is 9.25. The third-order valence-corrected chi connectivity index (χ3v) is 4.64. The highest BCUT2D eigenvalue weighted by Crippen LogP contribution is 2.27. The van der Waals surface area contributed by atoms with Crippen LogP contribution in [0.25, 0.3) is 11.0 Å². The van der Waals surface area contributed by atoms with Gasteiger partial charge >= 0.3 is 11.7 Å². The summed E-state index contributed by atoms with van der Waals surface area (Å²) in [5.74, 6) is 0.577. The summed E-state index contributed by atoms with van der Waals surface area (Å²) >= 11 is 0. The largest absolute Gasteiger partial charge is 0.493 e. The zero-order valence-corrected chi connectivity index (χ0v) is 17.1. The molecule has 0 amide bonds. The molecule has 1 aromatic carbocycles. The molecule has 0 unspecified atom stereocenters. The van der Waals surface area contributed by atoms with Crippen molar-refractivity contribution in [2.24, 2.45) is 0 Å². The van der Waals surface area contributed by atoms with E-state index in [1.807, 2.05) is 6.07 Å². The lowest BCUT2D eigenvalue weighted by atomic mass is 10.1. The Labute approximate surface area is 172 Å². The maximum Gasteiger partial charge on any atom is 0.333 e. The number of carbonyl (C=O) groups is 1. The van der Waals surface area contributed by atoms with Crippen molar-refractivity contribution < 1.29 is 19.0 Å². The first-order chi connectivity index (χ1) is 14.5. The van der Waals surface area contributed by atoms with Crippen molar-refractivity contribution in [1.82, 2.24) is 14.1 Å². The van der Waals surface area contributed by atoms with E-state index in [0.717, 1.165) is 10.1 Å². The number of aromatic nitrogens is 3. The maximum absolute atomic E-state index is 13.0. The van der Waals surface area contributed by atoms with Crippen molar-refractivity contribution >= 4 is 17.0 Å². The summed E-state index contributed by atoms with van der Waals surface area (Å²) in [6.07, 6.45) is 1.87. The van der Waals surface area contributed by atoms with Crippen LogP contribution in [0.1, 0.15) is 12.5 Å². The molecule has 158 valence electrons. The number of aryl methyl sites for hydroxylation is 1. The minimum atomic E-state index is -0.611. The highest BCUT2D eigenvalue weighted by Gasteiger charge is 2.17. The van der Waals surface area contributed by atoms with Crippen molar-refractivity contribution in [3.8, 4) is 11.5 Å². The standard InChI is InChI=1S/C21H23N3O6/c1-4-30-18(25)13-24-19-15(6-5-10-22-19)20(26)23(21(24)27)11-9-14-7-8-16(28-2)17(12-14)29-3/h5-8,10,12H,4,9,11,13H2,1-3H3. The molecule has 0 aliphatic heterocycles. The monoisotopic (exact) mass is 413 g/mol. The first kappa shape index (κ1) is 21.1. The van der Waals surface area contributed by atoms with Gasteiger partial charge in [0.05, 0.1) is 26.2 Å². The fourth-order valence-electron chi connectivity index (χ4n) is 3.20. The van der Waals surface area contributed by atoms with E-state index in [4.69, 9.17) is 14.2 Å².